The summed E-state index contributed by atoms with van der Waals surface area (Å²) in [6.45, 7) is 8.31. The third-order valence-electron chi connectivity index (χ3n) is 9.31. The summed E-state index contributed by atoms with van der Waals surface area (Å²) in [7, 11) is 0. The molecular weight excluding hydrogens is 538 g/mol. The summed E-state index contributed by atoms with van der Waals surface area (Å²) in [4.78, 5) is 20.8. The Bertz CT molecular complexity index is 1610. The predicted molar refractivity (Wildman–Crippen MR) is 178 cm³/mol. The molecule has 218 valence electrons. The lowest BCUT2D eigenvalue weighted by Crippen LogP contribution is -2.62. The highest BCUT2D eigenvalue weighted by Gasteiger charge is 2.46. The first-order valence-electron chi connectivity index (χ1n) is 15.5. The van der Waals surface area contributed by atoms with E-state index in [0.29, 0.717) is 6.54 Å². The summed E-state index contributed by atoms with van der Waals surface area (Å²) in [5, 5.41) is 0. The topological polar surface area (TPSA) is 26.8 Å². The quantitative estimate of drug-likeness (QED) is 0.182. The van der Waals surface area contributed by atoms with Crippen molar-refractivity contribution in [3.05, 3.63) is 186 Å². The number of nitrogens with zero attached hydrogens (tertiary/aromatic N) is 3. The molecular formula is C40H37N3O. The molecule has 5 aromatic carbocycles. The first-order chi connectivity index (χ1) is 21.7. The summed E-state index contributed by atoms with van der Waals surface area (Å²) in [6, 6.07) is 51.3. The van der Waals surface area contributed by atoms with Gasteiger partial charge in [-0.25, -0.2) is 0 Å². The van der Waals surface area contributed by atoms with E-state index in [0.717, 1.165) is 43.0 Å². The smallest absolute Gasteiger partial charge is 0.259 e. The predicted octanol–water partition coefficient (Wildman–Crippen LogP) is 7.29. The molecule has 0 spiro atoms. The van der Waals surface area contributed by atoms with Gasteiger partial charge in [0.25, 0.3) is 5.91 Å². The third kappa shape index (κ3) is 4.96. The van der Waals surface area contributed by atoms with Crippen molar-refractivity contribution in [2.75, 3.05) is 26.2 Å². The molecule has 0 aromatic heterocycles. The van der Waals surface area contributed by atoms with Gasteiger partial charge in [-0.1, -0.05) is 146 Å². The van der Waals surface area contributed by atoms with Gasteiger partial charge in [-0.2, -0.15) is 0 Å². The van der Waals surface area contributed by atoms with Gasteiger partial charge >= 0.3 is 0 Å². The Morgan fingerprint density at radius 3 is 1.61 bits per heavy atom. The van der Waals surface area contributed by atoms with Crippen LogP contribution in [-0.2, 0) is 12.1 Å². The number of carbonyl (C=O) groups excluding carboxylic acids is 1. The number of hydrogen-bond donors (Lipinski definition) is 0. The van der Waals surface area contributed by atoms with Gasteiger partial charge in [-0.05, 0) is 28.3 Å². The van der Waals surface area contributed by atoms with E-state index in [-0.39, 0.29) is 11.9 Å². The average molecular weight is 576 g/mol. The first kappa shape index (κ1) is 28.0. The molecule has 44 heavy (non-hydrogen) atoms. The Morgan fingerprint density at radius 2 is 1.09 bits per heavy atom. The van der Waals surface area contributed by atoms with Crippen LogP contribution in [0, 0.1) is 0 Å². The van der Waals surface area contributed by atoms with Gasteiger partial charge in [-0.15, -0.1) is 0 Å². The average Bonchev–Trinajstić information content (AvgIpc) is 3.33. The number of hydrogen-bond acceptors (Lipinski definition) is 3. The van der Waals surface area contributed by atoms with Gasteiger partial charge in [0.05, 0.1) is 5.54 Å². The molecule has 4 nitrogen and oxygen atoms in total. The van der Waals surface area contributed by atoms with E-state index in [9.17, 15) is 4.79 Å². The number of rotatable bonds is 8. The molecule has 4 heteroatoms. The normalized spacial score (nSPS) is 17.5. The van der Waals surface area contributed by atoms with Crippen LogP contribution >= 0.6 is 0 Å². The van der Waals surface area contributed by atoms with Crippen LogP contribution in [0.5, 0.6) is 0 Å². The van der Waals surface area contributed by atoms with Gasteiger partial charge < -0.3 is 4.90 Å². The van der Waals surface area contributed by atoms with E-state index < -0.39 is 5.54 Å². The molecule has 2 aliphatic heterocycles. The van der Waals surface area contributed by atoms with E-state index in [4.69, 9.17) is 0 Å². The summed E-state index contributed by atoms with van der Waals surface area (Å²) in [5.41, 5.74) is 6.96. The van der Waals surface area contributed by atoms with Crippen molar-refractivity contribution in [2.24, 2.45) is 0 Å². The largest absolute Gasteiger partial charge is 0.307 e. The lowest BCUT2D eigenvalue weighted by Gasteiger charge is -2.52. The summed E-state index contributed by atoms with van der Waals surface area (Å²) >= 11 is 0. The molecule has 0 radical (unpaired) electrons. The van der Waals surface area contributed by atoms with Crippen LogP contribution in [0.15, 0.2) is 152 Å². The van der Waals surface area contributed by atoms with Crippen LogP contribution in [0.3, 0.4) is 0 Å². The van der Waals surface area contributed by atoms with E-state index in [1.807, 2.05) is 29.2 Å². The standard InChI is InChI=1S/C40H37N3O/c1-31-37-24-14-15-25-38(37)39(44)43(31)30-36-29-42(27-26-41(36)28-32-16-6-2-7-17-32)40(33-18-8-3-9-19-33,34-20-10-4-11-21-34)35-22-12-5-13-23-35/h2-25,36H,1,26-30H2. The minimum atomic E-state index is -0.504. The zero-order chi connectivity index (χ0) is 29.9. The van der Waals surface area contributed by atoms with E-state index in [1.54, 1.807) is 0 Å². The zero-order valence-corrected chi connectivity index (χ0v) is 24.9. The number of benzene rings is 5. The second-order valence-electron chi connectivity index (χ2n) is 11.8. The zero-order valence-electron chi connectivity index (χ0n) is 24.9. The van der Waals surface area contributed by atoms with Crippen molar-refractivity contribution in [3.8, 4) is 0 Å². The molecule has 1 saturated heterocycles. The lowest BCUT2D eigenvalue weighted by atomic mass is 9.75. The van der Waals surface area contributed by atoms with Gasteiger partial charge in [-0.3, -0.25) is 14.6 Å². The molecule has 0 N–H and O–H groups in total. The van der Waals surface area contributed by atoms with E-state index in [2.05, 4.69) is 138 Å². The second-order valence-corrected chi connectivity index (χ2v) is 11.8. The highest BCUT2D eigenvalue weighted by Crippen LogP contribution is 2.44. The number of fused-ring (bicyclic) bond motifs is 1. The van der Waals surface area contributed by atoms with Gasteiger partial charge in [0, 0.05) is 55.6 Å². The van der Waals surface area contributed by atoms with Crippen LogP contribution < -0.4 is 0 Å². The van der Waals surface area contributed by atoms with Crippen molar-refractivity contribution in [1.82, 2.24) is 14.7 Å². The molecule has 0 aliphatic carbocycles. The first-order valence-corrected chi connectivity index (χ1v) is 15.5. The number of carbonyl (C=O) groups is 1. The fourth-order valence-corrected chi connectivity index (χ4v) is 7.22. The van der Waals surface area contributed by atoms with Crippen molar-refractivity contribution >= 4 is 11.6 Å². The molecule has 1 amide bonds. The monoisotopic (exact) mass is 575 g/mol. The van der Waals surface area contributed by atoms with E-state index >= 15 is 0 Å². The SMILES string of the molecule is C=C1c2ccccc2C(=O)N1CC1CN(C(c2ccccc2)(c2ccccc2)c2ccccc2)CCN1Cc1ccccc1. The van der Waals surface area contributed by atoms with Crippen molar-refractivity contribution in [3.63, 3.8) is 0 Å². The molecule has 2 aliphatic rings. The van der Waals surface area contributed by atoms with Crippen LogP contribution in [0.1, 0.15) is 38.2 Å². The summed E-state index contributed by atoms with van der Waals surface area (Å²) in [5.74, 6) is 0.0443. The Morgan fingerprint density at radius 1 is 0.614 bits per heavy atom. The maximum atomic E-state index is 13.7. The van der Waals surface area contributed by atoms with Crippen LogP contribution in [-0.4, -0.2) is 52.8 Å². The minimum absolute atomic E-state index is 0.0443. The van der Waals surface area contributed by atoms with Gasteiger partial charge in [0.15, 0.2) is 0 Å². The molecule has 5 aromatic rings. The minimum Gasteiger partial charge on any atom is -0.307 e. The van der Waals surface area contributed by atoms with Crippen molar-refractivity contribution < 1.29 is 4.79 Å². The van der Waals surface area contributed by atoms with Crippen LogP contribution in [0.4, 0.5) is 0 Å². The molecule has 2 heterocycles. The maximum absolute atomic E-state index is 13.7. The lowest BCUT2D eigenvalue weighted by molar-refractivity contribution is 0.0170. The van der Waals surface area contributed by atoms with Crippen LogP contribution in [0.25, 0.3) is 5.70 Å². The second kappa shape index (κ2) is 12.1. The molecule has 7 rings (SSSR count). The fourth-order valence-electron chi connectivity index (χ4n) is 7.22. The number of piperazine rings is 1. The Balaban J connectivity index is 1.32. The third-order valence-corrected chi connectivity index (χ3v) is 9.31. The summed E-state index contributed by atoms with van der Waals surface area (Å²) in [6.07, 6.45) is 0. The fraction of sp³-hybridized carbons (Fsp3) is 0.175. The maximum Gasteiger partial charge on any atom is 0.259 e. The van der Waals surface area contributed by atoms with E-state index in [1.165, 1.54) is 22.3 Å². The highest BCUT2D eigenvalue weighted by atomic mass is 16.2. The Kier molecular flexibility index (Phi) is 7.69. The number of amides is 1. The molecule has 1 unspecified atom stereocenters. The molecule has 1 atom stereocenters. The van der Waals surface area contributed by atoms with Crippen molar-refractivity contribution in [2.45, 2.75) is 18.1 Å². The van der Waals surface area contributed by atoms with Gasteiger partial charge in [0.2, 0.25) is 0 Å². The molecule has 0 bridgehead atoms. The summed E-state index contributed by atoms with van der Waals surface area (Å²) < 4.78 is 0. The van der Waals surface area contributed by atoms with Crippen molar-refractivity contribution in [1.29, 1.82) is 0 Å². The van der Waals surface area contributed by atoms with Gasteiger partial charge in [0.1, 0.15) is 0 Å². The Labute approximate surface area is 260 Å². The molecule has 1 fully saturated rings. The van der Waals surface area contributed by atoms with Crippen LogP contribution in [0.2, 0.25) is 0 Å². The highest BCUT2D eigenvalue weighted by molar-refractivity contribution is 6.08. The Hall–Kier alpha value is -4.77. The molecule has 0 saturated carbocycles.